The molecular formula is C15H22N2O6S2. The van der Waals surface area contributed by atoms with E-state index in [1.165, 1.54) is 12.1 Å². The van der Waals surface area contributed by atoms with Crippen LogP contribution >= 0.6 is 0 Å². The number of nitrogens with one attached hydrogen (secondary N) is 2. The predicted molar refractivity (Wildman–Crippen MR) is 91.0 cm³/mol. The fourth-order valence-corrected chi connectivity index (χ4v) is 4.72. The van der Waals surface area contributed by atoms with E-state index in [9.17, 15) is 21.6 Å². The summed E-state index contributed by atoms with van der Waals surface area (Å²) >= 11 is 0. The maximum Gasteiger partial charge on any atom is 0.321 e. The van der Waals surface area contributed by atoms with Gasteiger partial charge in [0.15, 0.2) is 0 Å². The van der Waals surface area contributed by atoms with Crippen molar-refractivity contribution < 1.29 is 26.7 Å². The Labute approximate surface area is 147 Å². The van der Waals surface area contributed by atoms with Crippen molar-refractivity contribution in [2.45, 2.75) is 55.0 Å². The van der Waals surface area contributed by atoms with Crippen LogP contribution in [0, 0.1) is 5.92 Å². The highest BCUT2D eigenvalue weighted by Crippen LogP contribution is 2.23. The molecule has 1 aromatic rings. The summed E-state index contributed by atoms with van der Waals surface area (Å²) in [6.45, 7) is 3.58. The van der Waals surface area contributed by atoms with Crippen LogP contribution < -0.4 is 9.44 Å². The van der Waals surface area contributed by atoms with Crippen LogP contribution in [0.3, 0.4) is 0 Å². The molecule has 0 radical (unpaired) electrons. The predicted octanol–water partition coefficient (Wildman–Crippen LogP) is 0.905. The Bertz CT molecular complexity index is 827. The van der Waals surface area contributed by atoms with Crippen LogP contribution in [0.5, 0.6) is 0 Å². The number of carboxylic acids is 1. The van der Waals surface area contributed by atoms with Crippen molar-refractivity contribution in [2.75, 3.05) is 0 Å². The number of benzene rings is 1. The molecule has 0 amide bonds. The number of carboxylic acid groups (broad SMARTS) is 1. The van der Waals surface area contributed by atoms with Crippen molar-refractivity contribution in [3.05, 3.63) is 24.3 Å². The van der Waals surface area contributed by atoms with E-state index < -0.39 is 32.1 Å². The van der Waals surface area contributed by atoms with Gasteiger partial charge >= 0.3 is 5.97 Å². The van der Waals surface area contributed by atoms with Crippen molar-refractivity contribution >= 4 is 26.0 Å². The Balaban J connectivity index is 2.17. The molecule has 1 saturated carbocycles. The molecule has 1 aliphatic rings. The fraction of sp³-hybridized carbons (Fsp3) is 0.533. The summed E-state index contributed by atoms with van der Waals surface area (Å²) in [5.74, 6) is -1.27. The van der Waals surface area contributed by atoms with Crippen LogP contribution in [0.15, 0.2) is 34.1 Å². The molecule has 1 fully saturated rings. The molecule has 0 unspecified atom stereocenters. The first-order chi connectivity index (χ1) is 11.5. The van der Waals surface area contributed by atoms with Crippen molar-refractivity contribution in [1.82, 2.24) is 9.44 Å². The molecule has 0 spiro atoms. The summed E-state index contributed by atoms with van der Waals surface area (Å²) in [5, 5.41) is 9.16. The Morgan fingerprint density at radius 1 is 1.08 bits per heavy atom. The van der Waals surface area contributed by atoms with Gasteiger partial charge < -0.3 is 5.11 Å². The Morgan fingerprint density at radius 2 is 1.56 bits per heavy atom. The molecule has 1 aliphatic carbocycles. The molecule has 2 rings (SSSR count). The molecule has 1 atom stereocenters. The van der Waals surface area contributed by atoms with Gasteiger partial charge in [-0.1, -0.05) is 13.8 Å². The van der Waals surface area contributed by atoms with E-state index >= 15 is 0 Å². The summed E-state index contributed by atoms with van der Waals surface area (Å²) < 4.78 is 53.5. The summed E-state index contributed by atoms with van der Waals surface area (Å²) in [4.78, 5) is 11.0. The zero-order valence-corrected chi connectivity index (χ0v) is 15.6. The SMILES string of the molecule is CC(C)C[C@@H](NS(=O)(=O)c1ccc(S(=O)(=O)NC2CC2)cc1)C(=O)O. The lowest BCUT2D eigenvalue weighted by atomic mass is 10.1. The lowest BCUT2D eigenvalue weighted by Crippen LogP contribution is -2.41. The highest BCUT2D eigenvalue weighted by Gasteiger charge is 2.29. The van der Waals surface area contributed by atoms with Gasteiger partial charge in [-0.25, -0.2) is 21.6 Å². The Kier molecular flexibility index (Phi) is 5.87. The third-order valence-electron chi connectivity index (χ3n) is 3.65. The monoisotopic (exact) mass is 390 g/mol. The minimum atomic E-state index is -4.07. The first kappa shape index (κ1) is 19.8. The molecule has 1 aromatic carbocycles. The van der Waals surface area contributed by atoms with E-state index in [-0.39, 0.29) is 28.2 Å². The fourth-order valence-electron chi connectivity index (χ4n) is 2.21. The lowest BCUT2D eigenvalue weighted by molar-refractivity contribution is -0.139. The van der Waals surface area contributed by atoms with Gasteiger partial charge in [-0.3, -0.25) is 4.79 Å². The molecule has 0 saturated heterocycles. The largest absolute Gasteiger partial charge is 0.480 e. The standard InChI is InChI=1S/C15H22N2O6S2/c1-10(2)9-14(15(18)19)17-25(22,23)13-7-5-12(6-8-13)24(20,21)16-11-3-4-11/h5-8,10-11,14,16-17H,3-4,9H2,1-2H3,(H,18,19)/t14-/m1/s1. The minimum absolute atomic E-state index is 0.00943. The van der Waals surface area contributed by atoms with Crippen LogP contribution in [0.4, 0.5) is 0 Å². The molecular weight excluding hydrogens is 368 g/mol. The normalized spacial score (nSPS) is 16.8. The van der Waals surface area contributed by atoms with Gasteiger partial charge in [-0.15, -0.1) is 0 Å². The number of aliphatic carboxylic acids is 1. The zero-order chi connectivity index (χ0) is 18.8. The smallest absolute Gasteiger partial charge is 0.321 e. The van der Waals surface area contributed by atoms with Gasteiger partial charge in [0, 0.05) is 6.04 Å². The van der Waals surface area contributed by atoms with E-state index in [1.807, 2.05) is 0 Å². The minimum Gasteiger partial charge on any atom is -0.480 e. The topological polar surface area (TPSA) is 130 Å². The van der Waals surface area contributed by atoms with Gasteiger partial charge in [0.2, 0.25) is 20.0 Å². The van der Waals surface area contributed by atoms with E-state index in [0.29, 0.717) is 0 Å². The molecule has 25 heavy (non-hydrogen) atoms. The van der Waals surface area contributed by atoms with Gasteiger partial charge in [0.1, 0.15) is 6.04 Å². The summed E-state index contributed by atoms with van der Waals surface area (Å²) in [5.41, 5.74) is 0. The highest BCUT2D eigenvalue weighted by atomic mass is 32.2. The zero-order valence-electron chi connectivity index (χ0n) is 14.0. The summed E-state index contributed by atoms with van der Waals surface area (Å²) in [7, 11) is -7.74. The van der Waals surface area contributed by atoms with Crippen LogP contribution in [-0.2, 0) is 24.8 Å². The maximum atomic E-state index is 12.3. The van der Waals surface area contributed by atoms with Crippen molar-refractivity contribution in [2.24, 2.45) is 5.92 Å². The lowest BCUT2D eigenvalue weighted by Gasteiger charge is -2.16. The molecule has 0 bridgehead atoms. The second-order valence-electron chi connectivity index (χ2n) is 6.51. The molecule has 0 heterocycles. The van der Waals surface area contributed by atoms with Crippen LogP contribution in [0.25, 0.3) is 0 Å². The quantitative estimate of drug-likeness (QED) is 0.574. The van der Waals surface area contributed by atoms with Crippen molar-refractivity contribution in [3.8, 4) is 0 Å². The van der Waals surface area contributed by atoms with Crippen LogP contribution in [0.1, 0.15) is 33.1 Å². The molecule has 3 N–H and O–H groups in total. The Hall–Kier alpha value is -1.49. The number of hydrogen-bond acceptors (Lipinski definition) is 5. The van der Waals surface area contributed by atoms with Gasteiger partial charge in [-0.05, 0) is 49.4 Å². The van der Waals surface area contributed by atoms with E-state index in [2.05, 4.69) is 9.44 Å². The number of carbonyl (C=O) groups is 1. The molecule has 10 heteroatoms. The average molecular weight is 390 g/mol. The van der Waals surface area contributed by atoms with E-state index in [0.717, 1.165) is 25.0 Å². The average Bonchev–Trinajstić information content (AvgIpc) is 3.29. The van der Waals surface area contributed by atoms with Crippen molar-refractivity contribution in [1.29, 1.82) is 0 Å². The van der Waals surface area contributed by atoms with Crippen LogP contribution in [-0.4, -0.2) is 40.0 Å². The maximum absolute atomic E-state index is 12.3. The third kappa shape index (κ3) is 5.50. The number of sulfonamides is 2. The van der Waals surface area contributed by atoms with Gasteiger partial charge in [0.05, 0.1) is 9.79 Å². The second-order valence-corrected chi connectivity index (χ2v) is 9.94. The number of rotatable bonds is 9. The number of hydrogen-bond donors (Lipinski definition) is 3. The van der Waals surface area contributed by atoms with Gasteiger partial charge in [-0.2, -0.15) is 4.72 Å². The van der Waals surface area contributed by atoms with Crippen LogP contribution in [0.2, 0.25) is 0 Å². The Morgan fingerprint density at radius 3 is 1.96 bits per heavy atom. The molecule has 0 aromatic heterocycles. The summed E-state index contributed by atoms with van der Waals surface area (Å²) in [6.07, 6.45) is 1.73. The summed E-state index contributed by atoms with van der Waals surface area (Å²) in [6, 6.07) is 3.39. The first-order valence-electron chi connectivity index (χ1n) is 7.89. The van der Waals surface area contributed by atoms with E-state index in [1.54, 1.807) is 13.8 Å². The van der Waals surface area contributed by atoms with Crippen molar-refractivity contribution in [3.63, 3.8) is 0 Å². The first-order valence-corrected chi connectivity index (χ1v) is 10.9. The van der Waals surface area contributed by atoms with E-state index in [4.69, 9.17) is 5.11 Å². The molecule has 0 aliphatic heterocycles. The second kappa shape index (κ2) is 7.40. The van der Waals surface area contributed by atoms with Gasteiger partial charge in [0.25, 0.3) is 0 Å². The molecule has 140 valence electrons. The third-order valence-corrected chi connectivity index (χ3v) is 6.67. The molecule has 8 nitrogen and oxygen atoms in total. The highest BCUT2D eigenvalue weighted by molar-refractivity contribution is 7.90.